The van der Waals surface area contributed by atoms with Gasteiger partial charge in [-0.2, -0.15) is 13.2 Å². The molecule has 0 bridgehead atoms. The zero-order valence-electron chi connectivity index (χ0n) is 11.5. The maximum Gasteiger partial charge on any atom is 0.416 e. The third kappa shape index (κ3) is 3.20. The molecule has 1 aromatic rings. The van der Waals surface area contributed by atoms with Crippen molar-refractivity contribution in [3.63, 3.8) is 0 Å². The number of benzene rings is 1. The highest BCUT2D eigenvalue weighted by Crippen LogP contribution is 2.33. The zero-order valence-corrected chi connectivity index (χ0v) is 11.5. The highest BCUT2D eigenvalue weighted by Gasteiger charge is 2.32. The molecule has 21 heavy (non-hydrogen) atoms. The van der Waals surface area contributed by atoms with Crippen molar-refractivity contribution in [2.24, 2.45) is 10.9 Å². The Morgan fingerprint density at radius 1 is 1.19 bits per heavy atom. The number of hydrogen-bond acceptors (Lipinski definition) is 3. The van der Waals surface area contributed by atoms with Crippen LogP contribution >= 0.6 is 0 Å². The summed E-state index contributed by atoms with van der Waals surface area (Å²) in [6.07, 6.45) is -2.39. The van der Waals surface area contributed by atoms with Gasteiger partial charge in [-0.15, -0.1) is 0 Å². The monoisotopic (exact) mass is 298 g/mol. The van der Waals surface area contributed by atoms with Gasteiger partial charge < -0.3 is 10.1 Å². The Hall–Kier alpha value is -1.56. The van der Waals surface area contributed by atoms with E-state index < -0.39 is 11.7 Å². The van der Waals surface area contributed by atoms with Crippen LogP contribution in [-0.4, -0.2) is 25.6 Å². The number of rotatable bonds is 2. The number of hydrogen-bond donors (Lipinski definition) is 1. The molecule has 0 radical (unpaired) electrons. The molecule has 1 saturated heterocycles. The lowest BCUT2D eigenvalue weighted by molar-refractivity contribution is -0.137. The van der Waals surface area contributed by atoms with Gasteiger partial charge in [-0.3, -0.25) is 0 Å². The van der Waals surface area contributed by atoms with E-state index in [-0.39, 0.29) is 6.04 Å². The van der Waals surface area contributed by atoms with Gasteiger partial charge in [0.2, 0.25) is 0 Å². The molecule has 1 atom stereocenters. The molecule has 2 heterocycles. The summed E-state index contributed by atoms with van der Waals surface area (Å²) in [5.41, 5.74) is -0.0701. The molecule has 1 fully saturated rings. The number of nitrogens with zero attached hydrogens (tertiary/aromatic N) is 1. The van der Waals surface area contributed by atoms with Gasteiger partial charge in [-0.05, 0) is 43.6 Å². The van der Waals surface area contributed by atoms with Crippen LogP contribution in [0.4, 0.5) is 13.2 Å². The van der Waals surface area contributed by atoms with E-state index in [2.05, 4.69) is 10.3 Å². The topological polar surface area (TPSA) is 33.6 Å². The van der Waals surface area contributed by atoms with E-state index in [4.69, 9.17) is 4.74 Å². The van der Waals surface area contributed by atoms with Gasteiger partial charge >= 0.3 is 6.18 Å². The molecule has 0 aliphatic carbocycles. The van der Waals surface area contributed by atoms with Gasteiger partial charge in [0.05, 0.1) is 5.56 Å². The molecule has 0 aromatic heterocycles. The number of alkyl halides is 3. The Bertz CT molecular complexity index is 536. The summed E-state index contributed by atoms with van der Waals surface area (Å²) in [6.45, 7) is 2.20. The van der Waals surface area contributed by atoms with Crippen molar-refractivity contribution in [3.05, 3.63) is 35.4 Å². The SMILES string of the molecule is FC(F)(F)c1cccc(C2COC(C3CCNCC3)=N2)c1. The van der Waals surface area contributed by atoms with Gasteiger partial charge in [-0.25, -0.2) is 4.99 Å². The van der Waals surface area contributed by atoms with E-state index in [9.17, 15) is 13.2 Å². The van der Waals surface area contributed by atoms with Crippen LogP contribution in [0.3, 0.4) is 0 Å². The first kappa shape index (κ1) is 14.4. The minimum Gasteiger partial charge on any atom is -0.478 e. The van der Waals surface area contributed by atoms with Gasteiger partial charge in [0.15, 0.2) is 5.90 Å². The predicted octanol–water partition coefficient (Wildman–Crippen LogP) is 3.17. The molecule has 114 valence electrons. The third-order valence-electron chi connectivity index (χ3n) is 3.96. The fourth-order valence-corrected chi connectivity index (χ4v) is 2.78. The minimum atomic E-state index is -4.32. The van der Waals surface area contributed by atoms with Crippen LogP contribution in [0.2, 0.25) is 0 Å². The van der Waals surface area contributed by atoms with Crippen molar-refractivity contribution in [2.45, 2.75) is 25.1 Å². The molecule has 6 heteroatoms. The smallest absolute Gasteiger partial charge is 0.416 e. The predicted molar refractivity (Wildman–Crippen MR) is 73.2 cm³/mol. The minimum absolute atomic E-state index is 0.294. The fraction of sp³-hybridized carbons (Fsp3) is 0.533. The summed E-state index contributed by atoms with van der Waals surface area (Å²) < 4.78 is 43.9. The van der Waals surface area contributed by atoms with Crippen molar-refractivity contribution in [2.75, 3.05) is 19.7 Å². The first-order valence-electron chi connectivity index (χ1n) is 7.12. The lowest BCUT2D eigenvalue weighted by Gasteiger charge is -2.21. The molecule has 0 amide bonds. The highest BCUT2D eigenvalue weighted by atomic mass is 19.4. The largest absolute Gasteiger partial charge is 0.478 e. The fourth-order valence-electron chi connectivity index (χ4n) is 2.78. The maximum atomic E-state index is 12.7. The average molecular weight is 298 g/mol. The number of aliphatic imine (C=N–C) groups is 1. The van der Waals surface area contributed by atoms with Crippen LogP contribution in [0.1, 0.15) is 30.0 Å². The Morgan fingerprint density at radius 3 is 2.67 bits per heavy atom. The number of halogens is 3. The second-order valence-corrected chi connectivity index (χ2v) is 5.44. The molecular formula is C15H17F3N2O. The molecule has 3 nitrogen and oxygen atoms in total. The second-order valence-electron chi connectivity index (χ2n) is 5.44. The van der Waals surface area contributed by atoms with E-state index in [0.717, 1.165) is 32.0 Å². The molecule has 3 rings (SSSR count). The molecule has 1 unspecified atom stereocenters. The first-order valence-corrected chi connectivity index (χ1v) is 7.12. The maximum absolute atomic E-state index is 12.7. The van der Waals surface area contributed by atoms with Gasteiger partial charge in [0, 0.05) is 5.92 Å². The summed E-state index contributed by atoms with van der Waals surface area (Å²) in [5.74, 6) is 1.00. The van der Waals surface area contributed by atoms with E-state index in [1.54, 1.807) is 6.07 Å². The second kappa shape index (κ2) is 5.67. The molecule has 2 aliphatic heterocycles. The van der Waals surface area contributed by atoms with Crippen LogP contribution in [-0.2, 0) is 10.9 Å². The van der Waals surface area contributed by atoms with E-state index in [0.29, 0.717) is 24.0 Å². The Balaban J connectivity index is 1.77. The van der Waals surface area contributed by atoms with Crippen molar-refractivity contribution < 1.29 is 17.9 Å². The summed E-state index contributed by atoms with van der Waals surface area (Å²) in [6, 6.07) is 5.03. The van der Waals surface area contributed by atoms with Crippen LogP contribution in [0, 0.1) is 5.92 Å². The Morgan fingerprint density at radius 2 is 1.95 bits per heavy atom. The summed E-state index contributed by atoms with van der Waals surface area (Å²) in [7, 11) is 0. The quantitative estimate of drug-likeness (QED) is 0.910. The van der Waals surface area contributed by atoms with E-state index in [1.807, 2.05) is 0 Å². The highest BCUT2D eigenvalue weighted by molar-refractivity contribution is 5.80. The Kier molecular flexibility index (Phi) is 3.89. The number of ether oxygens (including phenoxy) is 1. The Labute approximate surface area is 121 Å². The molecule has 0 saturated carbocycles. The zero-order chi connectivity index (χ0) is 14.9. The van der Waals surface area contributed by atoms with Crippen LogP contribution in [0.15, 0.2) is 29.3 Å². The molecule has 1 aromatic carbocycles. The van der Waals surface area contributed by atoms with Crippen LogP contribution in [0.25, 0.3) is 0 Å². The lowest BCUT2D eigenvalue weighted by Crippen LogP contribution is -2.31. The number of nitrogens with one attached hydrogen (secondary N) is 1. The summed E-state index contributed by atoms with van der Waals surface area (Å²) >= 11 is 0. The summed E-state index contributed by atoms with van der Waals surface area (Å²) in [5, 5.41) is 3.27. The van der Waals surface area contributed by atoms with Crippen molar-refractivity contribution in [1.29, 1.82) is 0 Å². The molecule has 0 spiro atoms. The van der Waals surface area contributed by atoms with Crippen LogP contribution in [0.5, 0.6) is 0 Å². The standard InChI is InChI=1S/C15H17F3N2O/c16-15(17,18)12-3-1-2-11(8-12)13-9-21-14(20-13)10-4-6-19-7-5-10/h1-3,8,10,13,19H,4-7,9H2. The first-order chi connectivity index (χ1) is 10.0. The lowest BCUT2D eigenvalue weighted by atomic mass is 9.98. The van der Waals surface area contributed by atoms with Gasteiger partial charge in [0.1, 0.15) is 12.6 Å². The normalized spacial score (nSPS) is 23.8. The molecular weight excluding hydrogens is 281 g/mol. The van der Waals surface area contributed by atoms with E-state index in [1.165, 1.54) is 12.1 Å². The van der Waals surface area contributed by atoms with Crippen LogP contribution < -0.4 is 5.32 Å². The van der Waals surface area contributed by atoms with Crippen molar-refractivity contribution in [1.82, 2.24) is 5.32 Å². The molecule has 2 aliphatic rings. The van der Waals surface area contributed by atoms with Gasteiger partial charge in [0.25, 0.3) is 0 Å². The molecule has 1 N–H and O–H groups in total. The van der Waals surface area contributed by atoms with Crippen molar-refractivity contribution in [3.8, 4) is 0 Å². The van der Waals surface area contributed by atoms with Crippen molar-refractivity contribution >= 4 is 5.90 Å². The number of piperidine rings is 1. The van der Waals surface area contributed by atoms with Gasteiger partial charge in [-0.1, -0.05) is 12.1 Å². The summed E-state index contributed by atoms with van der Waals surface area (Å²) in [4.78, 5) is 4.50. The average Bonchev–Trinajstić information content (AvgIpc) is 2.97. The van der Waals surface area contributed by atoms with E-state index >= 15 is 0 Å². The third-order valence-corrected chi connectivity index (χ3v) is 3.96.